The first-order valence-corrected chi connectivity index (χ1v) is 9.10. The SMILES string of the molecule is CC(=NNc1ccc([N+](=O)[O-])cc1[N+](=O)[O-])C12CC3CC(CC(C3)C1)C2. The van der Waals surface area contributed by atoms with E-state index in [0.29, 0.717) is 0 Å². The number of hydrogen-bond donors (Lipinski definition) is 1. The monoisotopic (exact) mass is 358 g/mol. The predicted molar refractivity (Wildman–Crippen MR) is 97.1 cm³/mol. The summed E-state index contributed by atoms with van der Waals surface area (Å²) in [6, 6.07) is 3.58. The van der Waals surface area contributed by atoms with E-state index in [1.165, 1.54) is 50.7 Å². The third kappa shape index (κ3) is 2.83. The molecule has 4 bridgehead atoms. The van der Waals surface area contributed by atoms with Gasteiger partial charge >= 0.3 is 5.69 Å². The number of nitrogens with one attached hydrogen (secondary N) is 1. The van der Waals surface area contributed by atoms with E-state index in [2.05, 4.69) is 10.5 Å². The average Bonchev–Trinajstić information content (AvgIpc) is 2.58. The van der Waals surface area contributed by atoms with E-state index in [1.54, 1.807) is 0 Å². The van der Waals surface area contributed by atoms with Gasteiger partial charge in [-0.2, -0.15) is 5.10 Å². The Bertz CT molecular complexity index is 769. The Labute approximate surface area is 151 Å². The van der Waals surface area contributed by atoms with Gasteiger partial charge in [-0.3, -0.25) is 25.7 Å². The van der Waals surface area contributed by atoms with E-state index < -0.39 is 9.85 Å². The summed E-state index contributed by atoms with van der Waals surface area (Å²) in [5, 5.41) is 26.6. The van der Waals surface area contributed by atoms with Crippen molar-refractivity contribution in [1.82, 2.24) is 0 Å². The first-order chi connectivity index (χ1) is 12.4. The van der Waals surface area contributed by atoms with Crippen molar-refractivity contribution < 1.29 is 9.85 Å². The second kappa shape index (κ2) is 6.03. The van der Waals surface area contributed by atoms with Crippen LogP contribution in [0.3, 0.4) is 0 Å². The van der Waals surface area contributed by atoms with Gasteiger partial charge in [-0.1, -0.05) is 0 Å². The van der Waals surface area contributed by atoms with Gasteiger partial charge in [0.15, 0.2) is 0 Å². The second-order valence-corrected chi connectivity index (χ2v) is 8.22. The Morgan fingerprint density at radius 3 is 2.15 bits per heavy atom. The Kier molecular flexibility index (Phi) is 3.93. The maximum absolute atomic E-state index is 11.3. The molecule has 4 aliphatic rings. The van der Waals surface area contributed by atoms with E-state index >= 15 is 0 Å². The van der Waals surface area contributed by atoms with Crippen molar-refractivity contribution in [1.29, 1.82) is 0 Å². The molecule has 26 heavy (non-hydrogen) atoms. The van der Waals surface area contributed by atoms with E-state index in [-0.39, 0.29) is 22.5 Å². The standard InChI is InChI=1S/C18H22N4O4/c1-11(18-8-12-4-13(9-18)6-14(5-12)10-18)19-20-16-3-2-15(21(23)24)7-17(16)22(25)26/h2-3,7,12-14,20H,4-6,8-10H2,1H3. The van der Waals surface area contributed by atoms with Gasteiger partial charge in [-0.25, -0.2) is 0 Å². The number of non-ortho nitro benzene ring substituents is 1. The quantitative estimate of drug-likeness (QED) is 0.473. The van der Waals surface area contributed by atoms with E-state index in [1.807, 2.05) is 6.92 Å². The Morgan fingerprint density at radius 2 is 1.65 bits per heavy atom. The summed E-state index contributed by atoms with van der Waals surface area (Å²) in [5.41, 5.74) is 3.49. The van der Waals surface area contributed by atoms with Crippen LogP contribution < -0.4 is 5.43 Å². The van der Waals surface area contributed by atoms with Gasteiger partial charge in [0.2, 0.25) is 0 Å². The lowest BCUT2D eigenvalue weighted by Crippen LogP contribution is -2.49. The van der Waals surface area contributed by atoms with Crippen molar-refractivity contribution in [2.45, 2.75) is 45.4 Å². The molecule has 0 radical (unpaired) electrons. The molecule has 0 spiro atoms. The second-order valence-electron chi connectivity index (χ2n) is 8.22. The third-order valence-corrected chi connectivity index (χ3v) is 6.54. The molecule has 1 N–H and O–H groups in total. The fourth-order valence-electron chi connectivity index (χ4n) is 5.70. The Morgan fingerprint density at radius 1 is 1.08 bits per heavy atom. The minimum atomic E-state index is -0.638. The van der Waals surface area contributed by atoms with E-state index in [4.69, 9.17) is 0 Å². The van der Waals surface area contributed by atoms with Crippen LogP contribution in [0.25, 0.3) is 0 Å². The van der Waals surface area contributed by atoms with Crippen LogP contribution in [0.4, 0.5) is 17.1 Å². The molecular formula is C18H22N4O4. The predicted octanol–water partition coefficient (Wildman–Crippen LogP) is 4.51. The fourth-order valence-corrected chi connectivity index (χ4v) is 5.70. The Hall–Kier alpha value is -2.51. The Balaban J connectivity index is 1.58. The number of hydrazone groups is 1. The van der Waals surface area contributed by atoms with Crippen LogP contribution in [0.2, 0.25) is 0 Å². The van der Waals surface area contributed by atoms with Gasteiger partial charge < -0.3 is 0 Å². The topological polar surface area (TPSA) is 111 Å². The summed E-state index contributed by atoms with van der Waals surface area (Å²) < 4.78 is 0. The maximum atomic E-state index is 11.3. The van der Waals surface area contributed by atoms with E-state index in [0.717, 1.165) is 29.5 Å². The number of nitro groups is 2. The first kappa shape index (κ1) is 16.9. The zero-order chi connectivity index (χ0) is 18.5. The summed E-state index contributed by atoms with van der Waals surface area (Å²) in [7, 11) is 0. The van der Waals surface area contributed by atoms with Crippen LogP contribution in [0.5, 0.6) is 0 Å². The highest BCUT2D eigenvalue weighted by Gasteiger charge is 2.52. The highest BCUT2D eigenvalue weighted by Crippen LogP contribution is 2.60. The molecular weight excluding hydrogens is 336 g/mol. The van der Waals surface area contributed by atoms with Crippen LogP contribution in [0.15, 0.2) is 23.3 Å². The summed E-state index contributed by atoms with van der Waals surface area (Å²) >= 11 is 0. The minimum Gasteiger partial charge on any atom is -0.272 e. The molecule has 4 saturated carbocycles. The lowest BCUT2D eigenvalue weighted by molar-refractivity contribution is -0.393. The van der Waals surface area contributed by atoms with Gasteiger partial charge in [0, 0.05) is 17.2 Å². The van der Waals surface area contributed by atoms with Crippen LogP contribution in [-0.4, -0.2) is 15.6 Å². The number of anilines is 1. The minimum absolute atomic E-state index is 0.122. The molecule has 0 saturated heterocycles. The molecule has 8 heteroatoms. The number of benzene rings is 1. The number of rotatable bonds is 5. The van der Waals surface area contributed by atoms with Crippen molar-refractivity contribution in [3.63, 3.8) is 0 Å². The molecule has 0 aliphatic heterocycles. The van der Waals surface area contributed by atoms with Crippen molar-refractivity contribution in [2.24, 2.45) is 28.3 Å². The maximum Gasteiger partial charge on any atom is 0.301 e. The van der Waals surface area contributed by atoms with Gasteiger partial charge in [-0.05, 0) is 69.3 Å². The molecule has 5 rings (SSSR count). The van der Waals surface area contributed by atoms with Crippen LogP contribution in [0, 0.1) is 43.4 Å². The van der Waals surface area contributed by atoms with Gasteiger partial charge in [0.05, 0.1) is 15.9 Å². The smallest absolute Gasteiger partial charge is 0.272 e. The van der Waals surface area contributed by atoms with Gasteiger partial charge in [0.1, 0.15) is 5.69 Å². The summed E-state index contributed by atoms with van der Waals surface area (Å²) in [5.74, 6) is 2.38. The lowest BCUT2D eigenvalue weighted by Gasteiger charge is -2.56. The number of nitrogens with zero attached hydrogens (tertiary/aromatic N) is 3. The van der Waals surface area contributed by atoms with Crippen molar-refractivity contribution in [2.75, 3.05) is 5.43 Å². The third-order valence-electron chi connectivity index (χ3n) is 6.54. The largest absolute Gasteiger partial charge is 0.301 e. The molecule has 0 amide bonds. The molecule has 1 aromatic carbocycles. The highest BCUT2D eigenvalue weighted by molar-refractivity contribution is 5.89. The zero-order valence-electron chi connectivity index (χ0n) is 14.7. The summed E-state index contributed by atoms with van der Waals surface area (Å²) in [4.78, 5) is 20.8. The first-order valence-electron chi connectivity index (χ1n) is 9.10. The number of nitro benzene ring substituents is 2. The van der Waals surface area contributed by atoms with Crippen LogP contribution >= 0.6 is 0 Å². The van der Waals surface area contributed by atoms with Gasteiger partial charge in [0.25, 0.3) is 5.69 Å². The molecule has 0 aromatic heterocycles. The van der Waals surface area contributed by atoms with Crippen LogP contribution in [-0.2, 0) is 0 Å². The summed E-state index contributed by atoms with van der Waals surface area (Å²) in [6.45, 7) is 2.01. The molecule has 0 heterocycles. The molecule has 4 fully saturated rings. The zero-order valence-corrected chi connectivity index (χ0v) is 14.7. The molecule has 138 valence electrons. The fraction of sp³-hybridized carbons (Fsp3) is 0.611. The molecule has 0 atom stereocenters. The van der Waals surface area contributed by atoms with Gasteiger partial charge in [-0.15, -0.1) is 0 Å². The summed E-state index contributed by atoms with van der Waals surface area (Å²) in [6.07, 6.45) is 7.52. The highest BCUT2D eigenvalue weighted by atomic mass is 16.6. The molecule has 0 unspecified atom stereocenters. The van der Waals surface area contributed by atoms with Crippen LogP contribution in [0.1, 0.15) is 45.4 Å². The molecule has 1 aromatic rings. The molecule has 4 aliphatic carbocycles. The normalized spacial score (nSPS) is 32.5. The lowest BCUT2D eigenvalue weighted by atomic mass is 9.48. The van der Waals surface area contributed by atoms with Crippen molar-refractivity contribution >= 4 is 22.8 Å². The molecule has 8 nitrogen and oxygen atoms in total. The number of hydrogen-bond acceptors (Lipinski definition) is 6. The van der Waals surface area contributed by atoms with Crippen molar-refractivity contribution in [3.05, 3.63) is 38.4 Å². The average molecular weight is 358 g/mol. The van der Waals surface area contributed by atoms with Crippen molar-refractivity contribution in [3.8, 4) is 0 Å². The van der Waals surface area contributed by atoms with E-state index in [9.17, 15) is 20.2 Å².